The van der Waals surface area contributed by atoms with E-state index in [1.807, 2.05) is 0 Å². The third kappa shape index (κ3) is 2.17. The fourth-order valence-electron chi connectivity index (χ4n) is 1.14. The van der Waals surface area contributed by atoms with Gasteiger partial charge in [0, 0.05) is 0 Å². The summed E-state index contributed by atoms with van der Waals surface area (Å²) in [6.45, 7) is 0. The summed E-state index contributed by atoms with van der Waals surface area (Å²) < 4.78 is 4.38. The van der Waals surface area contributed by atoms with E-state index in [4.69, 9.17) is 10.2 Å². The molecule has 6 heteroatoms. The number of carboxylic acid groups (broad SMARTS) is 2. The second kappa shape index (κ2) is 4.43. The lowest BCUT2D eigenvalue weighted by Gasteiger charge is -2.04. The number of hydrogen-bond donors (Lipinski definition) is 2. The molecule has 0 saturated heterocycles. The Balaban J connectivity index is 3.36. The van der Waals surface area contributed by atoms with Gasteiger partial charge >= 0.3 is 17.9 Å². The van der Waals surface area contributed by atoms with Crippen LogP contribution in [-0.2, 0) is 4.74 Å². The fraction of sp³-hybridized carbons (Fsp3) is 0.100. The number of hydrogen-bond acceptors (Lipinski definition) is 4. The van der Waals surface area contributed by atoms with Gasteiger partial charge in [-0.3, -0.25) is 0 Å². The van der Waals surface area contributed by atoms with E-state index >= 15 is 0 Å². The Bertz CT molecular complexity index is 462. The standard InChI is InChI=1S/C10H8O6/c1-16-10(15)6-3-2-5(8(11)12)4-7(6)9(13)14/h2-4H,1H3,(H,11,12)(H,13,14). The van der Waals surface area contributed by atoms with Gasteiger partial charge in [-0.2, -0.15) is 0 Å². The van der Waals surface area contributed by atoms with Crippen LogP contribution in [0.2, 0.25) is 0 Å². The predicted octanol–water partition coefficient (Wildman–Crippen LogP) is 0.870. The number of aromatic carboxylic acids is 2. The van der Waals surface area contributed by atoms with Crippen molar-refractivity contribution < 1.29 is 29.3 Å². The third-order valence-corrected chi connectivity index (χ3v) is 1.90. The molecule has 0 aliphatic carbocycles. The molecule has 1 rings (SSSR count). The number of carboxylic acids is 2. The van der Waals surface area contributed by atoms with Gasteiger partial charge in [0.2, 0.25) is 0 Å². The summed E-state index contributed by atoms with van der Waals surface area (Å²) in [5, 5.41) is 17.5. The van der Waals surface area contributed by atoms with Gasteiger partial charge in [-0.05, 0) is 18.2 Å². The zero-order valence-electron chi connectivity index (χ0n) is 8.26. The number of carbonyl (C=O) groups excluding carboxylic acids is 1. The molecule has 0 unspecified atom stereocenters. The Kier molecular flexibility index (Phi) is 3.24. The van der Waals surface area contributed by atoms with Crippen LogP contribution in [0.1, 0.15) is 31.1 Å². The summed E-state index contributed by atoms with van der Waals surface area (Å²) >= 11 is 0. The Morgan fingerprint density at radius 1 is 1.06 bits per heavy atom. The Hall–Kier alpha value is -2.37. The summed E-state index contributed by atoms with van der Waals surface area (Å²) in [4.78, 5) is 32.6. The summed E-state index contributed by atoms with van der Waals surface area (Å²) in [6, 6.07) is 3.16. The second-order valence-electron chi connectivity index (χ2n) is 2.86. The zero-order chi connectivity index (χ0) is 12.3. The maximum atomic E-state index is 11.2. The molecule has 6 nitrogen and oxygen atoms in total. The van der Waals surface area contributed by atoms with E-state index in [0.29, 0.717) is 0 Å². The van der Waals surface area contributed by atoms with Gasteiger partial charge in [0.25, 0.3) is 0 Å². The van der Waals surface area contributed by atoms with Crippen molar-refractivity contribution >= 4 is 17.9 Å². The molecule has 0 bridgehead atoms. The van der Waals surface area contributed by atoms with Crippen LogP contribution in [0.3, 0.4) is 0 Å². The van der Waals surface area contributed by atoms with Gasteiger partial charge < -0.3 is 14.9 Å². The molecule has 0 amide bonds. The van der Waals surface area contributed by atoms with E-state index in [0.717, 1.165) is 25.3 Å². The first-order valence-corrected chi connectivity index (χ1v) is 4.16. The van der Waals surface area contributed by atoms with Crippen molar-refractivity contribution in [3.8, 4) is 0 Å². The molecule has 0 saturated carbocycles. The van der Waals surface area contributed by atoms with Crippen molar-refractivity contribution in [2.45, 2.75) is 0 Å². The molecule has 2 N–H and O–H groups in total. The van der Waals surface area contributed by atoms with Gasteiger partial charge in [0.1, 0.15) is 0 Å². The zero-order valence-corrected chi connectivity index (χ0v) is 8.26. The van der Waals surface area contributed by atoms with Crippen molar-refractivity contribution in [1.29, 1.82) is 0 Å². The molecule has 0 aromatic heterocycles. The van der Waals surface area contributed by atoms with Crippen LogP contribution in [0.5, 0.6) is 0 Å². The highest BCUT2D eigenvalue weighted by Crippen LogP contribution is 2.13. The van der Waals surface area contributed by atoms with Gasteiger partial charge in [-0.15, -0.1) is 0 Å². The fourth-order valence-corrected chi connectivity index (χ4v) is 1.14. The molecule has 0 aliphatic heterocycles. The molecule has 0 spiro atoms. The minimum Gasteiger partial charge on any atom is -0.478 e. The molecule has 1 aromatic carbocycles. The lowest BCUT2D eigenvalue weighted by molar-refractivity contribution is 0.0581. The molecular formula is C10H8O6. The van der Waals surface area contributed by atoms with E-state index < -0.39 is 23.5 Å². The number of esters is 1. The minimum atomic E-state index is -1.39. The number of carbonyl (C=O) groups is 3. The molecular weight excluding hydrogens is 216 g/mol. The number of ether oxygens (including phenoxy) is 1. The minimum absolute atomic E-state index is 0.181. The maximum absolute atomic E-state index is 11.2. The summed E-state index contributed by atoms with van der Waals surface area (Å²) in [5.41, 5.74) is -0.781. The molecule has 0 heterocycles. The first-order chi connectivity index (χ1) is 7.47. The Labute approximate surface area is 90.1 Å². The highest BCUT2D eigenvalue weighted by molar-refractivity contribution is 6.04. The molecule has 16 heavy (non-hydrogen) atoms. The van der Waals surface area contributed by atoms with Gasteiger partial charge in [-0.25, -0.2) is 14.4 Å². The normalized spacial score (nSPS) is 9.56. The molecule has 0 atom stereocenters. The second-order valence-corrected chi connectivity index (χ2v) is 2.86. The van der Waals surface area contributed by atoms with Crippen LogP contribution < -0.4 is 0 Å². The van der Waals surface area contributed by atoms with Crippen molar-refractivity contribution in [2.24, 2.45) is 0 Å². The average Bonchev–Trinajstić information content (AvgIpc) is 2.26. The largest absolute Gasteiger partial charge is 0.478 e. The van der Waals surface area contributed by atoms with Crippen molar-refractivity contribution in [1.82, 2.24) is 0 Å². The maximum Gasteiger partial charge on any atom is 0.338 e. The number of benzene rings is 1. The lowest BCUT2D eigenvalue weighted by Crippen LogP contribution is -2.11. The Morgan fingerprint density at radius 3 is 2.12 bits per heavy atom. The van der Waals surface area contributed by atoms with Crippen molar-refractivity contribution in [2.75, 3.05) is 7.11 Å². The topological polar surface area (TPSA) is 101 Å². The lowest BCUT2D eigenvalue weighted by atomic mass is 10.0. The quantitative estimate of drug-likeness (QED) is 0.738. The summed E-state index contributed by atoms with van der Waals surface area (Å²) in [6.07, 6.45) is 0. The predicted molar refractivity (Wildman–Crippen MR) is 51.7 cm³/mol. The summed E-state index contributed by atoms with van der Waals surface area (Å²) in [7, 11) is 1.11. The van der Waals surface area contributed by atoms with Crippen molar-refractivity contribution in [3.05, 3.63) is 34.9 Å². The molecule has 84 valence electrons. The smallest absolute Gasteiger partial charge is 0.338 e. The van der Waals surface area contributed by atoms with E-state index in [2.05, 4.69) is 4.74 Å². The van der Waals surface area contributed by atoms with Crippen LogP contribution in [0.25, 0.3) is 0 Å². The monoisotopic (exact) mass is 224 g/mol. The molecule has 0 aliphatic rings. The molecule has 1 aromatic rings. The molecule has 0 fully saturated rings. The Morgan fingerprint density at radius 2 is 1.69 bits per heavy atom. The van der Waals surface area contributed by atoms with Crippen LogP contribution in [-0.4, -0.2) is 35.2 Å². The van der Waals surface area contributed by atoms with Crippen molar-refractivity contribution in [3.63, 3.8) is 0 Å². The average molecular weight is 224 g/mol. The van der Waals surface area contributed by atoms with Crippen LogP contribution in [0.4, 0.5) is 0 Å². The van der Waals surface area contributed by atoms with Gasteiger partial charge in [-0.1, -0.05) is 0 Å². The van der Waals surface area contributed by atoms with E-state index in [9.17, 15) is 14.4 Å². The van der Waals surface area contributed by atoms with Gasteiger partial charge in [0.15, 0.2) is 0 Å². The van der Waals surface area contributed by atoms with Crippen LogP contribution >= 0.6 is 0 Å². The molecule has 0 radical (unpaired) electrons. The first kappa shape index (κ1) is 11.7. The highest BCUT2D eigenvalue weighted by atomic mass is 16.5. The highest BCUT2D eigenvalue weighted by Gasteiger charge is 2.19. The van der Waals surface area contributed by atoms with E-state index in [1.165, 1.54) is 0 Å². The number of rotatable bonds is 3. The van der Waals surface area contributed by atoms with Crippen LogP contribution in [0, 0.1) is 0 Å². The first-order valence-electron chi connectivity index (χ1n) is 4.16. The van der Waals surface area contributed by atoms with Gasteiger partial charge in [0.05, 0.1) is 23.8 Å². The van der Waals surface area contributed by atoms with E-state index in [-0.39, 0.29) is 11.1 Å². The van der Waals surface area contributed by atoms with E-state index in [1.54, 1.807) is 0 Å². The summed E-state index contributed by atoms with van der Waals surface area (Å²) in [5.74, 6) is -3.48. The third-order valence-electron chi connectivity index (χ3n) is 1.90. The van der Waals surface area contributed by atoms with Crippen LogP contribution in [0.15, 0.2) is 18.2 Å². The SMILES string of the molecule is COC(=O)c1ccc(C(=O)O)cc1C(=O)O. The number of methoxy groups -OCH3 is 1.